The first-order valence-electron chi connectivity index (χ1n) is 9.77. The number of phenolic OH excluding ortho intramolecular Hbond substituents is 1. The molecule has 1 heteroatoms. The summed E-state index contributed by atoms with van der Waals surface area (Å²) in [6.07, 6.45) is 10.4. The predicted molar refractivity (Wildman–Crippen MR) is 102 cm³/mol. The van der Waals surface area contributed by atoms with Gasteiger partial charge in [0.2, 0.25) is 0 Å². The first-order valence-corrected chi connectivity index (χ1v) is 9.77. The SMILES string of the molecule is CCCCCC(CCC)CC(C)(c1cccc(O)c1)[C@@H](C)CC. The second-order valence-electron chi connectivity index (χ2n) is 7.63. The molecule has 0 spiro atoms. The van der Waals surface area contributed by atoms with Crippen molar-refractivity contribution in [2.45, 2.75) is 91.4 Å². The molecule has 0 aromatic heterocycles. The highest BCUT2D eigenvalue weighted by atomic mass is 16.3. The third-order valence-corrected chi connectivity index (χ3v) is 5.83. The molecule has 0 aliphatic carbocycles. The van der Waals surface area contributed by atoms with Crippen LogP contribution in [-0.4, -0.2) is 5.11 Å². The number of unbranched alkanes of at least 4 members (excludes halogenated alkanes) is 2. The van der Waals surface area contributed by atoms with Crippen molar-refractivity contribution in [1.82, 2.24) is 0 Å². The molecular formula is C22H38O. The van der Waals surface area contributed by atoms with Crippen molar-refractivity contribution in [1.29, 1.82) is 0 Å². The Bertz CT molecular complexity index is 439. The van der Waals surface area contributed by atoms with Gasteiger partial charge in [0.1, 0.15) is 5.75 Å². The van der Waals surface area contributed by atoms with E-state index in [1.807, 2.05) is 12.1 Å². The summed E-state index contributed by atoms with van der Waals surface area (Å²) < 4.78 is 0. The van der Waals surface area contributed by atoms with Crippen molar-refractivity contribution in [3.8, 4) is 5.75 Å². The molecule has 2 unspecified atom stereocenters. The van der Waals surface area contributed by atoms with Crippen LogP contribution >= 0.6 is 0 Å². The lowest BCUT2D eigenvalue weighted by molar-refractivity contribution is 0.221. The van der Waals surface area contributed by atoms with Gasteiger partial charge in [-0.25, -0.2) is 0 Å². The van der Waals surface area contributed by atoms with Gasteiger partial charge in [0.15, 0.2) is 0 Å². The Morgan fingerprint density at radius 2 is 1.78 bits per heavy atom. The molecule has 1 aromatic rings. The van der Waals surface area contributed by atoms with Crippen LogP contribution in [-0.2, 0) is 5.41 Å². The summed E-state index contributed by atoms with van der Waals surface area (Å²) in [5, 5.41) is 9.94. The first-order chi connectivity index (χ1) is 11.0. The Morgan fingerprint density at radius 3 is 2.35 bits per heavy atom. The molecule has 132 valence electrons. The highest BCUT2D eigenvalue weighted by Gasteiger charge is 2.34. The minimum absolute atomic E-state index is 0.152. The fourth-order valence-corrected chi connectivity index (χ4v) is 3.95. The van der Waals surface area contributed by atoms with Crippen LogP contribution in [0.15, 0.2) is 24.3 Å². The molecule has 1 nitrogen and oxygen atoms in total. The van der Waals surface area contributed by atoms with E-state index < -0.39 is 0 Å². The van der Waals surface area contributed by atoms with Crippen LogP contribution in [0.3, 0.4) is 0 Å². The normalized spacial score (nSPS) is 16.7. The van der Waals surface area contributed by atoms with E-state index in [1.54, 1.807) is 6.07 Å². The zero-order valence-electron chi connectivity index (χ0n) is 16.1. The molecule has 1 N–H and O–H groups in total. The lowest BCUT2D eigenvalue weighted by atomic mass is 9.65. The van der Waals surface area contributed by atoms with Crippen LogP contribution in [0.1, 0.15) is 91.5 Å². The van der Waals surface area contributed by atoms with Crippen molar-refractivity contribution in [2.24, 2.45) is 11.8 Å². The molecule has 1 aromatic carbocycles. The van der Waals surface area contributed by atoms with Crippen molar-refractivity contribution in [2.75, 3.05) is 0 Å². The van der Waals surface area contributed by atoms with Crippen molar-refractivity contribution < 1.29 is 5.11 Å². The van der Waals surface area contributed by atoms with E-state index in [1.165, 1.54) is 56.9 Å². The number of phenols is 1. The highest BCUT2D eigenvalue weighted by Crippen LogP contribution is 2.42. The summed E-state index contributed by atoms with van der Waals surface area (Å²) in [6, 6.07) is 7.98. The second-order valence-corrected chi connectivity index (χ2v) is 7.63. The Balaban J connectivity index is 2.99. The summed E-state index contributed by atoms with van der Waals surface area (Å²) in [6.45, 7) is 11.7. The quantitative estimate of drug-likeness (QED) is 0.432. The standard InChI is InChI=1S/C22H38O/c1-6-9-10-13-19(12-7-2)17-22(5,18(4)8-3)20-14-11-15-21(23)16-20/h11,14-16,18-19,23H,6-10,12-13,17H2,1-5H3/t18-,19?,22?/m0/s1. The van der Waals surface area contributed by atoms with Crippen LogP contribution in [0, 0.1) is 11.8 Å². The highest BCUT2D eigenvalue weighted by molar-refractivity contribution is 5.33. The number of hydrogen-bond acceptors (Lipinski definition) is 1. The van der Waals surface area contributed by atoms with E-state index in [0.29, 0.717) is 11.7 Å². The van der Waals surface area contributed by atoms with E-state index in [4.69, 9.17) is 0 Å². The Morgan fingerprint density at radius 1 is 1.04 bits per heavy atom. The zero-order valence-corrected chi connectivity index (χ0v) is 16.1. The van der Waals surface area contributed by atoms with Crippen molar-refractivity contribution >= 4 is 0 Å². The maximum Gasteiger partial charge on any atom is 0.115 e. The summed E-state index contributed by atoms with van der Waals surface area (Å²) in [5.74, 6) is 1.82. The fraction of sp³-hybridized carbons (Fsp3) is 0.727. The molecule has 0 heterocycles. The maximum atomic E-state index is 9.94. The van der Waals surface area contributed by atoms with Gasteiger partial charge in [-0.1, -0.05) is 91.7 Å². The van der Waals surface area contributed by atoms with Gasteiger partial charge in [-0.15, -0.1) is 0 Å². The van der Waals surface area contributed by atoms with Crippen molar-refractivity contribution in [3.63, 3.8) is 0 Å². The van der Waals surface area contributed by atoms with Crippen LogP contribution < -0.4 is 0 Å². The molecule has 0 bridgehead atoms. The zero-order chi connectivity index (χ0) is 17.3. The number of hydrogen-bond donors (Lipinski definition) is 1. The molecule has 0 fully saturated rings. The van der Waals surface area contributed by atoms with Crippen LogP contribution in [0.4, 0.5) is 0 Å². The van der Waals surface area contributed by atoms with E-state index >= 15 is 0 Å². The van der Waals surface area contributed by atoms with Gasteiger partial charge in [0, 0.05) is 0 Å². The monoisotopic (exact) mass is 318 g/mol. The van der Waals surface area contributed by atoms with Gasteiger partial charge in [-0.2, -0.15) is 0 Å². The lowest BCUT2D eigenvalue weighted by Gasteiger charge is -2.39. The average molecular weight is 319 g/mol. The van der Waals surface area contributed by atoms with E-state index in [0.717, 1.165) is 5.92 Å². The molecule has 0 aliphatic heterocycles. The van der Waals surface area contributed by atoms with Gasteiger partial charge < -0.3 is 5.11 Å². The van der Waals surface area contributed by atoms with Gasteiger partial charge in [0.05, 0.1) is 0 Å². The van der Waals surface area contributed by atoms with Crippen LogP contribution in [0.2, 0.25) is 0 Å². The Labute approximate surface area is 144 Å². The van der Waals surface area contributed by atoms with Gasteiger partial charge in [-0.05, 0) is 41.4 Å². The smallest absolute Gasteiger partial charge is 0.115 e. The summed E-state index contributed by atoms with van der Waals surface area (Å²) in [4.78, 5) is 0. The molecule has 3 atom stereocenters. The second kappa shape index (κ2) is 10.0. The Hall–Kier alpha value is -0.980. The lowest BCUT2D eigenvalue weighted by Crippen LogP contribution is -2.33. The number of aromatic hydroxyl groups is 1. The summed E-state index contributed by atoms with van der Waals surface area (Å²) in [7, 11) is 0. The van der Waals surface area contributed by atoms with Crippen LogP contribution in [0.5, 0.6) is 5.75 Å². The van der Waals surface area contributed by atoms with Crippen molar-refractivity contribution in [3.05, 3.63) is 29.8 Å². The van der Waals surface area contributed by atoms with Crippen LogP contribution in [0.25, 0.3) is 0 Å². The molecule has 23 heavy (non-hydrogen) atoms. The molecule has 0 radical (unpaired) electrons. The van der Waals surface area contributed by atoms with Gasteiger partial charge >= 0.3 is 0 Å². The fourth-order valence-electron chi connectivity index (χ4n) is 3.95. The molecule has 0 saturated heterocycles. The summed E-state index contributed by atoms with van der Waals surface area (Å²) in [5.41, 5.74) is 1.46. The largest absolute Gasteiger partial charge is 0.508 e. The molecule has 0 amide bonds. The van der Waals surface area contributed by atoms with Gasteiger partial charge in [-0.3, -0.25) is 0 Å². The molecule has 0 aliphatic rings. The predicted octanol–water partition coefficient (Wildman–Crippen LogP) is 7.08. The molecule has 0 saturated carbocycles. The number of benzene rings is 1. The first kappa shape index (κ1) is 20.1. The minimum Gasteiger partial charge on any atom is -0.508 e. The third kappa shape index (κ3) is 5.86. The summed E-state index contributed by atoms with van der Waals surface area (Å²) >= 11 is 0. The van der Waals surface area contributed by atoms with E-state index in [-0.39, 0.29) is 5.41 Å². The molecular weight excluding hydrogens is 280 g/mol. The maximum absolute atomic E-state index is 9.94. The van der Waals surface area contributed by atoms with E-state index in [2.05, 4.69) is 40.7 Å². The molecule has 1 rings (SSSR count). The van der Waals surface area contributed by atoms with E-state index in [9.17, 15) is 5.11 Å². The average Bonchev–Trinajstić information content (AvgIpc) is 2.54. The third-order valence-electron chi connectivity index (χ3n) is 5.83. The van der Waals surface area contributed by atoms with Gasteiger partial charge in [0.25, 0.3) is 0 Å². The Kier molecular flexibility index (Phi) is 8.73. The topological polar surface area (TPSA) is 20.2 Å². The minimum atomic E-state index is 0.152. The number of rotatable bonds is 11.